The Balaban J connectivity index is 1.85. The van der Waals surface area contributed by atoms with Crippen molar-refractivity contribution >= 4 is 29.1 Å². The first-order valence-corrected chi connectivity index (χ1v) is 8.06. The van der Waals surface area contributed by atoms with Gasteiger partial charge in [0.1, 0.15) is 5.41 Å². The van der Waals surface area contributed by atoms with Crippen molar-refractivity contribution in [1.82, 2.24) is 4.90 Å². The predicted molar refractivity (Wildman–Crippen MR) is 83.7 cm³/mol. The number of rotatable bonds is 1. The molecule has 0 aromatic heterocycles. The number of benzene rings is 1. The summed E-state index contributed by atoms with van der Waals surface area (Å²) < 4.78 is 5.29. The summed E-state index contributed by atoms with van der Waals surface area (Å²) in [6.45, 7) is 1.95. The van der Waals surface area contributed by atoms with Gasteiger partial charge in [0.25, 0.3) is 0 Å². The molecule has 2 aliphatic heterocycles. The average Bonchev–Trinajstić information content (AvgIpc) is 2.54. The predicted octanol–water partition coefficient (Wildman–Crippen LogP) is 3.20. The fourth-order valence-corrected chi connectivity index (χ4v) is 3.75. The van der Waals surface area contributed by atoms with Crippen molar-refractivity contribution < 1.29 is 9.53 Å². The fourth-order valence-electron chi connectivity index (χ4n) is 3.15. The van der Waals surface area contributed by atoms with Crippen LogP contribution in [0.4, 0.5) is 0 Å². The Bertz CT molecular complexity index is 648. The Morgan fingerprint density at radius 2 is 2.05 bits per heavy atom. The molecule has 6 heteroatoms. The number of carbonyl (C=O) groups excluding carboxylic acids is 1. The van der Waals surface area contributed by atoms with Gasteiger partial charge in [-0.25, -0.2) is 0 Å². The van der Waals surface area contributed by atoms with E-state index in [1.807, 2.05) is 6.07 Å². The van der Waals surface area contributed by atoms with Gasteiger partial charge < -0.3 is 9.64 Å². The van der Waals surface area contributed by atoms with Crippen LogP contribution in [0.3, 0.4) is 0 Å². The van der Waals surface area contributed by atoms with Crippen molar-refractivity contribution in [2.24, 2.45) is 5.41 Å². The monoisotopic (exact) mass is 338 g/mol. The summed E-state index contributed by atoms with van der Waals surface area (Å²) in [6, 6.07) is 5.84. The molecule has 0 spiro atoms. The van der Waals surface area contributed by atoms with E-state index in [0.717, 1.165) is 11.1 Å². The van der Waals surface area contributed by atoms with E-state index in [0.29, 0.717) is 55.6 Å². The molecule has 1 saturated heterocycles. The molecule has 2 aliphatic rings. The van der Waals surface area contributed by atoms with Crippen LogP contribution in [0.1, 0.15) is 24.0 Å². The molecule has 0 radical (unpaired) electrons. The van der Waals surface area contributed by atoms with Crippen molar-refractivity contribution in [2.75, 3.05) is 19.8 Å². The lowest BCUT2D eigenvalue weighted by Crippen LogP contribution is -2.47. The van der Waals surface area contributed by atoms with Gasteiger partial charge in [-0.15, -0.1) is 0 Å². The number of fused-ring (bicyclic) bond motifs is 1. The summed E-state index contributed by atoms with van der Waals surface area (Å²) in [5.74, 6) is -0.102. The molecule has 3 rings (SSSR count). The normalized spacial score (nSPS) is 20.1. The molecule has 22 heavy (non-hydrogen) atoms. The zero-order chi connectivity index (χ0) is 15.7. The molecule has 0 atom stereocenters. The van der Waals surface area contributed by atoms with Gasteiger partial charge in [0.2, 0.25) is 5.91 Å². The summed E-state index contributed by atoms with van der Waals surface area (Å²) in [4.78, 5) is 14.6. The highest BCUT2D eigenvalue weighted by molar-refractivity contribution is 6.35. The molecule has 116 valence electrons. The first-order valence-electron chi connectivity index (χ1n) is 7.31. The number of ether oxygens (including phenoxy) is 1. The third kappa shape index (κ3) is 2.69. The molecular weight excluding hydrogens is 323 g/mol. The van der Waals surface area contributed by atoms with E-state index in [9.17, 15) is 10.1 Å². The van der Waals surface area contributed by atoms with Gasteiger partial charge >= 0.3 is 0 Å². The Hall–Kier alpha value is -1.28. The fraction of sp³-hybridized carbons (Fsp3) is 0.500. The Kier molecular flexibility index (Phi) is 4.31. The number of nitrogens with zero attached hydrogens (tertiary/aromatic N) is 2. The van der Waals surface area contributed by atoms with Gasteiger partial charge in [0.15, 0.2) is 0 Å². The van der Waals surface area contributed by atoms with Crippen molar-refractivity contribution in [3.05, 3.63) is 33.3 Å². The Labute approximate surface area is 139 Å². The van der Waals surface area contributed by atoms with Crippen LogP contribution in [0.5, 0.6) is 0 Å². The molecule has 1 aromatic carbocycles. The van der Waals surface area contributed by atoms with E-state index >= 15 is 0 Å². The zero-order valence-corrected chi connectivity index (χ0v) is 13.6. The van der Waals surface area contributed by atoms with Crippen LogP contribution >= 0.6 is 23.2 Å². The lowest BCUT2D eigenvalue weighted by atomic mass is 9.79. The highest BCUT2D eigenvalue weighted by atomic mass is 35.5. The van der Waals surface area contributed by atoms with Crippen molar-refractivity contribution in [3.8, 4) is 6.07 Å². The highest BCUT2D eigenvalue weighted by Gasteiger charge is 2.43. The minimum Gasteiger partial charge on any atom is -0.381 e. The van der Waals surface area contributed by atoms with Gasteiger partial charge in [0.05, 0.1) is 6.07 Å². The maximum Gasteiger partial charge on any atom is 0.243 e. The van der Waals surface area contributed by atoms with Crippen LogP contribution in [0.25, 0.3) is 0 Å². The lowest BCUT2D eigenvalue weighted by Gasteiger charge is -2.37. The molecule has 0 saturated carbocycles. The number of hydrogen-bond acceptors (Lipinski definition) is 3. The van der Waals surface area contributed by atoms with Crippen LogP contribution in [-0.2, 0) is 22.5 Å². The Morgan fingerprint density at radius 1 is 1.32 bits per heavy atom. The SMILES string of the molecule is N#CC1(C(=O)N2CCc3cc(Cl)cc(Cl)c3C2)CCOCC1. The molecule has 4 nitrogen and oxygen atoms in total. The smallest absolute Gasteiger partial charge is 0.243 e. The average molecular weight is 339 g/mol. The van der Waals surface area contributed by atoms with E-state index in [1.54, 1.807) is 11.0 Å². The van der Waals surface area contributed by atoms with Crippen LogP contribution < -0.4 is 0 Å². The minimum absolute atomic E-state index is 0.102. The van der Waals surface area contributed by atoms with Gasteiger partial charge in [-0.05, 0) is 42.5 Å². The van der Waals surface area contributed by atoms with Crippen LogP contribution in [0.2, 0.25) is 10.0 Å². The van der Waals surface area contributed by atoms with Gasteiger partial charge in [0, 0.05) is 36.3 Å². The van der Waals surface area contributed by atoms with E-state index in [1.165, 1.54) is 0 Å². The molecule has 2 heterocycles. The first-order chi connectivity index (χ1) is 10.6. The summed E-state index contributed by atoms with van der Waals surface area (Å²) in [7, 11) is 0. The molecule has 0 N–H and O–H groups in total. The standard InChI is InChI=1S/C16H16Cl2N2O2/c17-12-7-11-1-4-20(9-13(11)14(18)8-12)15(21)16(10-19)2-5-22-6-3-16/h7-8H,1-6,9H2. The van der Waals surface area contributed by atoms with E-state index < -0.39 is 5.41 Å². The van der Waals surface area contributed by atoms with Crippen molar-refractivity contribution in [1.29, 1.82) is 5.26 Å². The maximum atomic E-state index is 12.9. The third-order valence-electron chi connectivity index (χ3n) is 4.51. The third-order valence-corrected chi connectivity index (χ3v) is 5.07. The van der Waals surface area contributed by atoms with Gasteiger partial charge in [-0.3, -0.25) is 4.79 Å². The van der Waals surface area contributed by atoms with Crippen LogP contribution in [0.15, 0.2) is 12.1 Å². The molecule has 0 bridgehead atoms. The second-order valence-electron chi connectivity index (χ2n) is 5.81. The van der Waals surface area contributed by atoms with E-state index in [-0.39, 0.29) is 5.91 Å². The number of carbonyl (C=O) groups is 1. The van der Waals surface area contributed by atoms with Gasteiger partial charge in [-0.1, -0.05) is 23.2 Å². The summed E-state index contributed by atoms with van der Waals surface area (Å²) in [6.07, 6.45) is 1.62. The number of halogens is 2. The zero-order valence-electron chi connectivity index (χ0n) is 12.1. The summed E-state index contributed by atoms with van der Waals surface area (Å²) in [5.41, 5.74) is 1.07. The van der Waals surface area contributed by atoms with Gasteiger partial charge in [-0.2, -0.15) is 5.26 Å². The molecular formula is C16H16Cl2N2O2. The number of hydrogen-bond donors (Lipinski definition) is 0. The second kappa shape index (κ2) is 6.08. The van der Waals surface area contributed by atoms with E-state index in [2.05, 4.69) is 6.07 Å². The quantitative estimate of drug-likeness (QED) is 0.790. The van der Waals surface area contributed by atoms with Crippen LogP contribution in [0, 0.1) is 16.7 Å². The summed E-state index contributed by atoms with van der Waals surface area (Å²) >= 11 is 12.3. The highest BCUT2D eigenvalue weighted by Crippen LogP contribution is 2.35. The topological polar surface area (TPSA) is 53.3 Å². The van der Waals surface area contributed by atoms with Crippen LogP contribution in [-0.4, -0.2) is 30.6 Å². The van der Waals surface area contributed by atoms with Crippen molar-refractivity contribution in [2.45, 2.75) is 25.8 Å². The molecule has 1 amide bonds. The maximum absolute atomic E-state index is 12.9. The van der Waals surface area contributed by atoms with E-state index in [4.69, 9.17) is 27.9 Å². The molecule has 0 unspecified atom stereocenters. The van der Waals surface area contributed by atoms with Crippen molar-refractivity contribution in [3.63, 3.8) is 0 Å². The number of nitriles is 1. The number of amides is 1. The molecule has 0 aliphatic carbocycles. The first kappa shape index (κ1) is 15.6. The largest absolute Gasteiger partial charge is 0.381 e. The molecule has 1 fully saturated rings. The minimum atomic E-state index is -0.950. The second-order valence-corrected chi connectivity index (χ2v) is 6.65. The Morgan fingerprint density at radius 3 is 2.73 bits per heavy atom. The molecule has 1 aromatic rings. The summed E-state index contributed by atoms with van der Waals surface area (Å²) in [5, 5.41) is 10.7. The lowest BCUT2D eigenvalue weighted by molar-refractivity contribution is -0.144.